The van der Waals surface area contributed by atoms with Crippen molar-refractivity contribution in [1.82, 2.24) is 5.32 Å². The first-order valence-corrected chi connectivity index (χ1v) is 14.2. The Bertz CT molecular complexity index is 1280. The van der Waals surface area contributed by atoms with Gasteiger partial charge in [-0.25, -0.2) is 8.42 Å². The van der Waals surface area contributed by atoms with Crippen LogP contribution in [0.1, 0.15) is 44.7 Å². The van der Waals surface area contributed by atoms with Gasteiger partial charge in [-0.15, -0.1) is 0 Å². The van der Waals surface area contributed by atoms with E-state index in [1.807, 2.05) is 36.4 Å². The van der Waals surface area contributed by atoms with Gasteiger partial charge in [0.25, 0.3) is 10.0 Å². The molecule has 4 rings (SSSR count). The van der Waals surface area contributed by atoms with Gasteiger partial charge in [-0.3, -0.25) is 9.10 Å². The maximum Gasteiger partial charge on any atom is 0.264 e. The number of rotatable bonds is 8. The van der Waals surface area contributed by atoms with Gasteiger partial charge in [-0.1, -0.05) is 50.2 Å². The van der Waals surface area contributed by atoms with E-state index in [1.165, 1.54) is 4.31 Å². The minimum absolute atomic E-state index is 0.138. The third-order valence-electron chi connectivity index (χ3n) is 6.55. The number of hydrogen-bond donors (Lipinski definition) is 1. The zero-order valence-corrected chi connectivity index (χ0v) is 22.8. The van der Waals surface area contributed by atoms with E-state index in [-0.39, 0.29) is 29.0 Å². The number of nitrogens with one attached hydrogen (secondary N) is 1. The lowest BCUT2D eigenvalue weighted by Crippen LogP contribution is -2.47. The summed E-state index contributed by atoms with van der Waals surface area (Å²) in [4.78, 5) is 13.5. The molecule has 1 aliphatic rings. The second kappa shape index (κ2) is 10.6. The van der Waals surface area contributed by atoms with Crippen LogP contribution in [0.25, 0.3) is 0 Å². The molecule has 1 amide bonds. The van der Waals surface area contributed by atoms with Gasteiger partial charge in [0, 0.05) is 15.6 Å². The van der Waals surface area contributed by atoms with Crippen molar-refractivity contribution in [2.45, 2.75) is 49.6 Å². The summed E-state index contributed by atoms with van der Waals surface area (Å²) in [6.45, 7) is 3.84. The highest BCUT2D eigenvalue weighted by Crippen LogP contribution is 2.42. The van der Waals surface area contributed by atoms with Crippen molar-refractivity contribution in [3.63, 3.8) is 0 Å². The molecule has 0 fully saturated rings. The van der Waals surface area contributed by atoms with Crippen LogP contribution < -0.4 is 14.4 Å². The molecular formula is C27H29IN2O4S. The standard InChI is InChI=1S/C27H29IN2O4S/c1-3-27(4-2)18-24(23-12-8-9-13-25(23)34-27)29-26(31)19-30(21-16-14-20(28)15-17-21)35(32,33)22-10-6-5-7-11-22/h5-17,24H,3-4,18-19H2,1-2H3,(H,29,31)/t24-/m0/s1. The number of benzene rings is 3. The number of anilines is 1. The van der Waals surface area contributed by atoms with Crippen LogP contribution in [0.5, 0.6) is 5.75 Å². The van der Waals surface area contributed by atoms with Crippen molar-refractivity contribution in [1.29, 1.82) is 0 Å². The molecule has 8 heteroatoms. The fourth-order valence-electron chi connectivity index (χ4n) is 4.44. The summed E-state index contributed by atoms with van der Waals surface area (Å²) in [5, 5.41) is 3.11. The molecule has 0 spiro atoms. The summed E-state index contributed by atoms with van der Waals surface area (Å²) in [5.41, 5.74) is 0.969. The van der Waals surface area contributed by atoms with Crippen LogP contribution >= 0.6 is 22.6 Å². The maximum atomic E-state index is 13.6. The first-order valence-electron chi connectivity index (χ1n) is 11.7. The minimum atomic E-state index is -3.95. The number of ether oxygens (including phenoxy) is 1. The minimum Gasteiger partial charge on any atom is -0.487 e. The van der Waals surface area contributed by atoms with Crippen molar-refractivity contribution in [3.8, 4) is 5.75 Å². The summed E-state index contributed by atoms with van der Waals surface area (Å²) in [6.07, 6.45) is 2.24. The summed E-state index contributed by atoms with van der Waals surface area (Å²) in [5.74, 6) is 0.394. The van der Waals surface area contributed by atoms with Crippen molar-refractivity contribution in [3.05, 3.63) is 88.0 Å². The molecule has 0 bridgehead atoms. The molecule has 0 saturated carbocycles. The number of carbonyl (C=O) groups is 1. The summed E-state index contributed by atoms with van der Waals surface area (Å²) >= 11 is 2.17. The van der Waals surface area contributed by atoms with Crippen LogP contribution in [-0.4, -0.2) is 26.5 Å². The quantitative estimate of drug-likeness (QED) is 0.336. The number of amides is 1. The molecule has 0 unspecified atom stereocenters. The molecule has 3 aromatic carbocycles. The lowest BCUT2D eigenvalue weighted by molar-refractivity contribution is -0.121. The molecule has 1 N–H and O–H groups in total. The van der Waals surface area contributed by atoms with E-state index in [1.54, 1.807) is 42.5 Å². The van der Waals surface area contributed by atoms with E-state index in [2.05, 4.69) is 41.8 Å². The third-order valence-corrected chi connectivity index (χ3v) is 9.06. The maximum absolute atomic E-state index is 13.6. The van der Waals surface area contributed by atoms with Crippen LogP contribution in [0.3, 0.4) is 0 Å². The number of sulfonamides is 1. The van der Waals surface area contributed by atoms with Crippen molar-refractivity contribution >= 4 is 44.2 Å². The van der Waals surface area contributed by atoms with E-state index in [0.717, 1.165) is 27.7 Å². The first-order chi connectivity index (χ1) is 16.8. The molecule has 6 nitrogen and oxygen atoms in total. The Morgan fingerprint density at radius 3 is 2.29 bits per heavy atom. The fraction of sp³-hybridized carbons (Fsp3) is 0.296. The van der Waals surface area contributed by atoms with E-state index >= 15 is 0 Å². The molecule has 0 radical (unpaired) electrons. The van der Waals surface area contributed by atoms with Gasteiger partial charge in [0.2, 0.25) is 5.91 Å². The van der Waals surface area contributed by atoms with Gasteiger partial charge in [-0.05, 0) is 77.9 Å². The molecule has 0 aromatic heterocycles. The van der Waals surface area contributed by atoms with Gasteiger partial charge in [0.05, 0.1) is 16.6 Å². The van der Waals surface area contributed by atoms with Gasteiger partial charge in [-0.2, -0.15) is 0 Å². The number of halogens is 1. The van der Waals surface area contributed by atoms with Gasteiger partial charge < -0.3 is 10.1 Å². The zero-order valence-electron chi connectivity index (χ0n) is 19.8. The number of hydrogen-bond acceptors (Lipinski definition) is 4. The van der Waals surface area contributed by atoms with E-state index < -0.39 is 10.0 Å². The van der Waals surface area contributed by atoms with Crippen LogP contribution in [0.4, 0.5) is 5.69 Å². The van der Waals surface area contributed by atoms with Crippen molar-refractivity contribution in [2.24, 2.45) is 0 Å². The molecule has 1 aliphatic heterocycles. The summed E-state index contributed by atoms with van der Waals surface area (Å²) in [7, 11) is -3.95. The second-order valence-corrected chi connectivity index (χ2v) is 11.8. The lowest BCUT2D eigenvalue weighted by Gasteiger charge is -2.41. The average molecular weight is 605 g/mol. The van der Waals surface area contributed by atoms with Crippen LogP contribution in [0, 0.1) is 3.57 Å². The van der Waals surface area contributed by atoms with E-state index in [4.69, 9.17) is 4.74 Å². The molecule has 184 valence electrons. The average Bonchev–Trinajstić information content (AvgIpc) is 2.88. The molecular weight excluding hydrogens is 575 g/mol. The van der Waals surface area contributed by atoms with Crippen LogP contribution in [0.15, 0.2) is 83.8 Å². The van der Waals surface area contributed by atoms with E-state index in [9.17, 15) is 13.2 Å². The largest absolute Gasteiger partial charge is 0.487 e. The zero-order chi connectivity index (χ0) is 25.1. The van der Waals surface area contributed by atoms with Gasteiger partial charge in [0.15, 0.2) is 0 Å². The van der Waals surface area contributed by atoms with Crippen molar-refractivity contribution in [2.75, 3.05) is 10.8 Å². The Morgan fingerprint density at radius 1 is 1.00 bits per heavy atom. The molecule has 1 atom stereocenters. The van der Waals surface area contributed by atoms with Crippen molar-refractivity contribution < 1.29 is 17.9 Å². The fourth-order valence-corrected chi connectivity index (χ4v) is 6.24. The van der Waals surface area contributed by atoms with Gasteiger partial charge in [0.1, 0.15) is 17.9 Å². The van der Waals surface area contributed by atoms with Crippen LogP contribution in [-0.2, 0) is 14.8 Å². The predicted molar refractivity (Wildman–Crippen MR) is 146 cm³/mol. The molecule has 1 heterocycles. The number of para-hydroxylation sites is 1. The summed E-state index contributed by atoms with van der Waals surface area (Å²) < 4.78 is 35.6. The predicted octanol–water partition coefficient (Wildman–Crippen LogP) is 5.69. The smallest absolute Gasteiger partial charge is 0.264 e. The number of fused-ring (bicyclic) bond motifs is 1. The number of carbonyl (C=O) groups excluding carboxylic acids is 1. The lowest BCUT2D eigenvalue weighted by atomic mass is 9.83. The highest BCUT2D eigenvalue weighted by molar-refractivity contribution is 14.1. The topological polar surface area (TPSA) is 75.7 Å². The normalized spacial score (nSPS) is 16.6. The Hall–Kier alpha value is -2.59. The third kappa shape index (κ3) is 5.48. The highest BCUT2D eigenvalue weighted by Gasteiger charge is 2.39. The monoisotopic (exact) mass is 604 g/mol. The summed E-state index contributed by atoms with van der Waals surface area (Å²) in [6, 6.07) is 22.7. The first kappa shape index (κ1) is 25.5. The Balaban J connectivity index is 1.64. The van der Waals surface area contributed by atoms with Gasteiger partial charge >= 0.3 is 0 Å². The second-order valence-electron chi connectivity index (χ2n) is 8.66. The Morgan fingerprint density at radius 2 is 1.63 bits per heavy atom. The Labute approximate surface area is 220 Å². The highest BCUT2D eigenvalue weighted by atomic mass is 127. The Kier molecular flexibility index (Phi) is 7.70. The molecule has 35 heavy (non-hydrogen) atoms. The van der Waals surface area contributed by atoms with Crippen LogP contribution in [0.2, 0.25) is 0 Å². The SMILES string of the molecule is CCC1(CC)C[C@H](NC(=O)CN(c2ccc(I)cc2)S(=O)(=O)c2ccccc2)c2ccccc2O1. The molecule has 3 aromatic rings. The molecule has 0 saturated heterocycles. The van der Waals surface area contributed by atoms with E-state index in [0.29, 0.717) is 12.1 Å². The molecule has 0 aliphatic carbocycles. The number of nitrogens with zero attached hydrogens (tertiary/aromatic N) is 1.